The van der Waals surface area contributed by atoms with E-state index in [9.17, 15) is 12.8 Å². The minimum Gasteiger partial charge on any atom is -0.378 e. The molecular formula is C18H22FN5O3S. The highest BCUT2D eigenvalue weighted by molar-refractivity contribution is 7.89. The molecule has 2 fully saturated rings. The number of rotatable bonds is 4. The molecule has 3 heterocycles. The number of piperazine rings is 1. The van der Waals surface area contributed by atoms with Gasteiger partial charge in [0.05, 0.1) is 25.1 Å². The minimum atomic E-state index is -3.84. The smallest absolute Gasteiger partial charge is 0.246 e. The summed E-state index contributed by atoms with van der Waals surface area (Å²) in [5.74, 6) is 0.0700. The molecule has 0 aliphatic carbocycles. The van der Waals surface area contributed by atoms with Crippen molar-refractivity contribution < 1.29 is 17.5 Å². The van der Waals surface area contributed by atoms with Gasteiger partial charge in [0.15, 0.2) is 5.82 Å². The van der Waals surface area contributed by atoms with Gasteiger partial charge in [-0.1, -0.05) is 12.1 Å². The molecule has 0 saturated carbocycles. The number of hydrogen-bond acceptors (Lipinski definition) is 7. The van der Waals surface area contributed by atoms with Crippen molar-refractivity contribution in [2.75, 3.05) is 62.3 Å². The second-order valence-electron chi connectivity index (χ2n) is 6.69. The van der Waals surface area contributed by atoms with Gasteiger partial charge < -0.3 is 14.5 Å². The number of halogens is 1. The maximum Gasteiger partial charge on any atom is 0.246 e. The van der Waals surface area contributed by atoms with Crippen LogP contribution in [0.2, 0.25) is 0 Å². The van der Waals surface area contributed by atoms with Gasteiger partial charge in [-0.15, -0.1) is 5.10 Å². The maximum absolute atomic E-state index is 14.0. The summed E-state index contributed by atoms with van der Waals surface area (Å²) in [5.41, 5.74) is 0.902. The zero-order valence-corrected chi connectivity index (χ0v) is 16.2. The number of ether oxygens (including phenoxy) is 1. The molecule has 0 radical (unpaired) electrons. The van der Waals surface area contributed by atoms with Gasteiger partial charge in [0, 0.05) is 45.3 Å². The number of nitrogens with zero attached hydrogens (tertiary/aromatic N) is 5. The van der Waals surface area contributed by atoms with E-state index in [4.69, 9.17) is 4.74 Å². The van der Waals surface area contributed by atoms with Crippen molar-refractivity contribution in [3.63, 3.8) is 0 Å². The molecule has 0 bridgehead atoms. The van der Waals surface area contributed by atoms with E-state index in [1.165, 1.54) is 28.6 Å². The Balaban J connectivity index is 1.45. The van der Waals surface area contributed by atoms with Crippen molar-refractivity contribution in [2.45, 2.75) is 4.90 Å². The summed E-state index contributed by atoms with van der Waals surface area (Å²) in [6.45, 7) is 4.44. The molecule has 0 N–H and O–H groups in total. The van der Waals surface area contributed by atoms with Crippen LogP contribution < -0.4 is 9.80 Å². The zero-order chi connectivity index (χ0) is 19.6. The third kappa shape index (κ3) is 3.80. The first-order valence-electron chi connectivity index (χ1n) is 9.21. The Kier molecular flexibility index (Phi) is 5.42. The summed E-state index contributed by atoms with van der Waals surface area (Å²) in [7, 11) is -3.84. The second-order valence-corrected chi connectivity index (χ2v) is 8.60. The van der Waals surface area contributed by atoms with E-state index in [0.717, 1.165) is 24.6 Å². The molecular weight excluding hydrogens is 385 g/mol. The Morgan fingerprint density at radius 1 is 0.964 bits per heavy atom. The predicted octanol–water partition coefficient (Wildman–Crippen LogP) is 0.963. The van der Waals surface area contributed by atoms with E-state index < -0.39 is 15.8 Å². The molecule has 150 valence electrons. The van der Waals surface area contributed by atoms with Crippen LogP contribution in [0.25, 0.3) is 0 Å². The first-order valence-corrected chi connectivity index (χ1v) is 10.6. The van der Waals surface area contributed by atoms with E-state index in [1.807, 2.05) is 6.07 Å². The average molecular weight is 407 g/mol. The van der Waals surface area contributed by atoms with Gasteiger partial charge in [-0.3, -0.25) is 0 Å². The molecule has 2 aromatic rings. The van der Waals surface area contributed by atoms with Gasteiger partial charge in [0.2, 0.25) is 10.0 Å². The van der Waals surface area contributed by atoms with Crippen LogP contribution in [0.5, 0.6) is 0 Å². The summed E-state index contributed by atoms with van der Waals surface area (Å²) in [6.07, 6.45) is 1.69. The monoisotopic (exact) mass is 407 g/mol. The topological polar surface area (TPSA) is 78.9 Å². The van der Waals surface area contributed by atoms with Gasteiger partial charge in [-0.2, -0.15) is 9.40 Å². The molecule has 0 spiro atoms. The number of benzene rings is 1. The minimum absolute atomic E-state index is 0.274. The van der Waals surface area contributed by atoms with Crippen LogP contribution in [-0.4, -0.2) is 75.4 Å². The van der Waals surface area contributed by atoms with Crippen LogP contribution in [0.4, 0.5) is 15.9 Å². The SMILES string of the molecule is O=S(=O)(c1ccccc1F)N1CCN(c2cnnc(N3CCOCC3)c2)CC1. The normalized spacial score (nSPS) is 19.0. The van der Waals surface area contributed by atoms with E-state index in [-0.39, 0.29) is 18.0 Å². The van der Waals surface area contributed by atoms with Crippen molar-refractivity contribution >= 4 is 21.5 Å². The lowest BCUT2D eigenvalue weighted by molar-refractivity contribution is 0.122. The summed E-state index contributed by atoms with van der Waals surface area (Å²) in [6, 6.07) is 7.45. The summed E-state index contributed by atoms with van der Waals surface area (Å²) >= 11 is 0. The van der Waals surface area contributed by atoms with E-state index in [2.05, 4.69) is 20.0 Å². The first-order chi connectivity index (χ1) is 13.6. The van der Waals surface area contributed by atoms with Crippen molar-refractivity contribution in [3.8, 4) is 0 Å². The van der Waals surface area contributed by atoms with E-state index in [1.54, 1.807) is 6.20 Å². The number of sulfonamides is 1. The molecule has 1 aromatic carbocycles. The van der Waals surface area contributed by atoms with E-state index >= 15 is 0 Å². The fraction of sp³-hybridized carbons (Fsp3) is 0.444. The fourth-order valence-corrected chi connectivity index (χ4v) is 4.93. The molecule has 2 aliphatic rings. The molecule has 0 atom stereocenters. The molecule has 2 saturated heterocycles. The van der Waals surface area contributed by atoms with Crippen molar-refractivity contribution in [3.05, 3.63) is 42.3 Å². The van der Waals surface area contributed by atoms with Gasteiger partial charge >= 0.3 is 0 Å². The number of anilines is 2. The molecule has 2 aliphatic heterocycles. The second kappa shape index (κ2) is 7.98. The number of morpholine rings is 1. The van der Waals surface area contributed by atoms with Crippen molar-refractivity contribution in [1.29, 1.82) is 0 Å². The molecule has 0 unspecified atom stereocenters. The quantitative estimate of drug-likeness (QED) is 0.747. The van der Waals surface area contributed by atoms with Crippen LogP contribution >= 0.6 is 0 Å². The highest BCUT2D eigenvalue weighted by Gasteiger charge is 2.30. The van der Waals surface area contributed by atoms with Crippen LogP contribution in [-0.2, 0) is 14.8 Å². The lowest BCUT2D eigenvalue weighted by atomic mass is 10.3. The Morgan fingerprint density at radius 2 is 1.68 bits per heavy atom. The summed E-state index contributed by atoms with van der Waals surface area (Å²) < 4.78 is 46.1. The lowest BCUT2D eigenvalue weighted by Gasteiger charge is -2.35. The maximum atomic E-state index is 14.0. The molecule has 4 rings (SSSR count). The standard InChI is InChI=1S/C18H22FN5O3S/c19-16-3-1-2-4-17(16)28(25,26)24-7-5-22(6-8-24)15-13-18(21-20-14-15)23-9-11-27-12-10-23/h1-4,13-14H,5-12H2. The largest absolute Gasteiger partial charge is 0.378 e. The Hall–Kier alpha value is -2.30. The van der Waals surface area contributed by atoms with Crippen LogP contribution in [0.3, 0.4) is 0 Å². The molecule has 10 heteroatoms. The summed E-state index contributed by atoms with van der Waals surface area (Å²) in [4.78, 5) is 3.92. The number of aromatic nitrogens is 2. The van der Waals surface area contributed by atoms with Gasteiger partial charge in [0.1, 0.15) is 10.7 Å². The third-order valence-corrected chi connectivity index (χ3v) is 6.95. The summed E-state index contributed by atoms with van der Waals surface area (Å²) in [5, 5.41) is 8.31. The Labute approximate surface area is 163 Å². The zero-order valence-electron chi connectivity index (χ0n) is 15.4. The molecule has 8 nitrogen and oxygen atoms in total. The van der Waals surface area contributed by atoms with Gasteiger partial charge in [0.25, 0.3) is 0 Å². The molecule has 1 aromatic heterocycles. The highest BCUT2D eigenvalue weighted by Crippen LogP contribution is 2.24. The Morgan fingerprint density at radius 3 is 2.39 bits per heavy atom. The third-order valence-electron chi connectivity index (χ3n) is 5.02. The fourth-order valence-electron chi connectivity index (χ4n) is 3.45. The molecule has 0 amide bonds. The van der Waals surface area contributed by atoms with Crippen LogP contribution in [0, 0.1) is 5.82 Å². The predicted molar refractivity (Wildman–Crippen MR) is 102 cm³/mol. The number of hydrogen-bond donors (Lipinski definition) is 0. The highest BCUT2D eigenvalue weighted by atomic mass is 32.2. The van der Waals surface area contributed by atoms with Crippen LogP contribution in [0.15, 0.2) is 41.4 Å². The van der Waals surface area contributed by atoms with Crippen molar-refractivity contribution in [1.82, 2.24) is 14.5 Å². The average Bonchev–Trinajstić information content (AvgIpc) is 2.75. The molecule has 28 heavy (non-hydrogen) atoms. The first kappa shape index (κ1) is 19.0. The Bertz CT molecular complexity index is 928. The van der Waals surface area contributed by atoms with Crippen LogP contribution in [0.1, 0.15) is 0 Å². The van der Waals surface area contributed by atoms with Crippen molar-refractivity contribution in [2.24, 2.45) is 0 Å². The lowest BCUT2D eigenvalue weighted by Crippen LogP contribution is -2.49. The van der Waals surface area contributed by atoms with Gasteiger partial charge in [-0.05, 0) is 12.1 Å². The van der Waals surface area contributed by atoms with E-state index in [0.29, 0.717) is 26.3 Å². The van der Waals surface area contributed by atoms with Gasteiger partial charge in [-0.25, -0.2) is 12.8 Å².